The maximum absolute atomic E-state index is 13.0. The first-order chi connectivity index (χ1) is 11.6. The predicted octanol–water partition coefficient (Wildman–Crippen LogP) is 1.93. The summed E-state index contributed by atoms with van der Waals surface area (Å²) in [6.45, 7) is 5.23. The number of aromatic nitrogens is 2. The highest BCUT2D eigenvalue weighted by atomic mass is 19.1. The molecule has 1 aliphatic heterocycles. The van der Waals surface area contributed by atoms with Crippen molar-refractivity contribution in [3.63, 3.8) is 0 Å². The van der Waals surface area contributed by atoms with Crippen molar-refractivity contribution in [2.24, 2.45) is 7.05 Å². The zero-order chi connectivity index (χ0) is 17.1. The van der Waals surface area contributed by atoms with Crippen LogP contribution in [0.4, 0.5) is 4.39 Å². The van der Waals surface area contributed by atoms with Crippen LogP contribution in [0.3, 0.4) is 0 Å². The van der Waals surface area contributed by atoms with Crippen molar-refractivity contribution in [2.45, 2.75) is 19.4 Å². The van der Waals surface area contributed by atoms with E-state index < -0.39 is 0 Å². The van der Waals surface area contributed by atoms with E-state index in [2.05, 4.69) is 10.00 Å². The van der Waals surface area contributed by atoms with Crippen LogP contribution in [0.1, 0.15) is 23.0 Å². The van der Waals surface area contributed by atoms with E-state index in [1.165, 1.54) is 12.1 Å². The Kier molecular flexibility index (Phi) is 4.94. The minimum Gasteiger partial charge on any atom is -0.334 e. The van der Waals surface area contributed by atoms with Gasteiger partial charge in [0.05, 0.1) is 11.7 Å². The molecular formula is C18H23FN4O. The van der Waals surface area contributed by atoms with Gasteiger partial charge in [0.15, 0.2) is 0 Å². The molecule has 1 amide bonds. The maximum Gasteiger partial charge on any atom is 0.210 e. The lowest BCUT2D eigenvalue weighted by Crippen LogP contribution is -2.48. The Balaban J connectivity index is 1.66. The highest BCUT2D eigenvalue weighted by Gasteiger charge is 2.29. The average molecular weight is 330 g/mol. The fourth-order valence-corrected chi connectivity index (χ4v) is 3.14. The SMILES string of the molecule is Cc1cc(C2CN(CCc3ccc(F)cc3)CCN2C=O)nn1C. The van der Waals surface area contributed by atoms with Gasteiger partial charge in [0.1, 0.15) is 5.82 Å². The summed E-state index contributed by atoms with van der Waals surface area (Å²) < 4.78 is 14.8. The number of halogens is 1. The van der Waals surface area contributed by atoms with Crippen LogP contribution in [0.2, 0.25) is 0 Å². The lowest BCUT2D eigenvalue weighted by molar-refractivity contribution is -0.122. The van der Waals surface area contributed by atoms with Crippen molar-refractivity contribution in [3.8, 4) is 0 Å². The second-order valence-corrected chi connectivity index (χ2v) is 6.37. The number of hydrogen-bond acceptors (Lipinski definition) is 3. The molecule has 1 fully saturated rings. The van der Waals surface area contributed by atoms with Gasteiger partial charge in [0.25, 0.3) is 0 Å². The molecule has 1 unspecified atom stereocenters. The number of nitrogens with zero attached hydrogens (tertiary/aromatic N) is 4. The third-order valence-electron chi connectivity index (χ3n) is 4.75. The van der Waals surface area contributed by atoms with Crippen molar-refractivity contribution in [1.82, 2.24) is 19.6 Å². The molecule has 1 aliphatic rings. The van der Waals surface area contributed by atoms with Crippen molar-refractivity contribution in [3.05, 3.63) is 53.1 Å². The van der Waals surface area contributed by atoms with Crippen molar-refractivity contribution >= 4 is 6.41 Å². The largest absolute Gasteiger partial charge is 0.334 e. The van der Waals surface area contributed by atoms with Crippen LogP contribution in [0.15, 0.2) is 30.3 Å². The Morgan fingerprint density at radius 2 is 2.04 bits per heavy atom. The van der Waals surface area contributed by atoms with Crippen LogP contribution >= 0.6 is 0 Å². The van der Waals surface area contributed by atoms with Crippen molar-refractivity contribution in [2.75, 3.05) is 26.2 Å². The maximum atomic E-state index is 13.0. The van der Waals surface area contributed by atoms with Gasteiger partial charge in [-0.05, 0) is 37.1 Å². The van der Waals surface area contributed by atoms with Gasteiger partial charge in [-0.2, -0.15) is 5.10 Å². The molecule has 1 aromatic carbocycles. The zero-order valence-electron chi connectivity index (χ0n) is 14.2. The summed E-state index contributed by atoms with van der Waals surface area (Å²) >= 11 is 0. The molecular weight excluding hydrogens is 307 g/mol. The Morgan fingerprint density at radius 3 is 2.67 bits per heavy atom. The Bertz CT molecular complexity index is 678. The van der Waals surface area contributed by atoms with E-state index in [-0.39, 0.29) is 11.9 Å². The molecule has 3 rings (SSSR count). The molecule has 2 aromatic rings. The highest BCUT2D eigenvalue weighted by Crippen LogP contribution is 2.24. The smallest absolute Gasteiger partial charge is 0.210 e. The van der Waals surface area contributed by atoms with Crippen LogP contribution < -0.4 is 0 Å². The van der Waals surface area contributed by atoms with E-state index in [0.29, 0.717) is 6.54 Å². The quantitative estimate of drug-likeness (QED) is 0.787. The molecule has 0 saturated carbocycles. The number of carbonyl (C=O) groups is 1. The second-order valence-electron chi connectivity index (χ2n) is 6.37. The van der Waals surface area contributed by atoms with Crippen LogP contribution in [-0.4, -0.2) is 52.2 Å². The number of benzene rings is 1. The molecule has 24 heavy (non-hydrogen) atoms. The molecule has 0 bridgehead atoms. The van der Waals surface area contributed by atoms with E-state index in [1.54, 1.807) is 0 Å². The summed E-state index contributed by atoms with van der Waals surface area (Å²) in [4.78, 5) is 15.6. The molecule has 2 heterocycles. The van der Waals surface area contributed by atoms with Crippen LogP contribution in [0.25, 0.3) is 0 Å². The number of aryl methyl sites for hydroxylation is 2. The van der Waals surface area contributed by atoms with E-state index in [1.807, 2.05) is 41.8 Å². The zero-order valence-corrected chi connectivity index (χ0v) is 14.2. The average Bonchev–Trinajstić information content (AvgIpc) is 2.93. The van der Waals surface area contributed by atoms with E-state index in [4.69, 9.17) is 0 Å². The van der Waals surface area contributed by atoms with Crippen LogP contribution in [-0.2, 0) is 18.3 Å². The van der Waals surface area contributed by atoms with Gasteiger partial charge < -0.3 is 4.90 Å². The summed E-state index contributed by atoms with van der Waals surface area (Å²) in [5, 5.41) is 4.54. The molecule has 1 saturated heterocycles. The molecule has 6 heteroatoms. The fourth-order valence-electron chi connectivity index (χ4n) is 3.14. The standard InChI is InChI=1S/C18H23FN4O/c1-14-11-17(20-21(14)2)18-12-22(9-10-23(18)13-24)8-7-15-3-5-16(19)6-4-15/h3-6,11,13,18H,7-10,12H2,1-2H3. The van der Waals surface area contributed by atoms with Gasteiger partial charge in [-0.25, -0.2) is 4.39 Å². The Hall–Kier alpha value is -2.21. The van der Waals surface area contributed by atoms with Gasteiger partial charge >= 0.3 is 0 Å². The number of amides is 1. The molecule has 0 radical (unpaired) electrons. The summed E-state index contributed by atoms with van der Waals surface area (Å²) in [6, 6.07) is 8.69. The van der Waals surface area contributed by atoms with Gasteiger partial charge in [-0.15, -0.1) is 0 Å². The fraction of sp³-hybridized carbons (Fsp3) is 0.444. The summed E-state index contributed by atoms with van der Waals surface area (Å²) in [5.74, 6) is -0.205. The van der Waals surface area contributed by atoms with Crippen LogP contribution in [0.5, 0.6) is 0 Å². The highest BCUT2D eigenvalue weighted by molar-refractivity contribution is 5.49. The lowest BCUT2D eigenvalue weighted by atomic mass is 10.1. The number of carbonyl (C=O) groups excluding carboxylic acids is 1. The molecule has 5 nitrogen and oxygen atoms in total. The van der Waals surface area contributed by atoms with Gasteiger partial charge in [-0.3, -0.25) is 14.4 Å². The van der Waals surface area contributed by atoms with E-state index in [9.17, 15) is 9.18 Å². The number of piperazine rings is 1. The lowest BCUT2D eigenvalue weighted by Gasteiger charge is -2.38. The predicted molar refractivity (Wildman–Crippen MR) is 90.0 cm³/mol. The molecule has 0 aliphatic carbocycles. The molecule has 1 atom stereocenters. The Labute approximate surface area is 141 Å². The van der Waals surface area contributed by atoms with Crippen molar-refractivity contribution in [1.29, 1.82) is 0 Å². The Morgan fingerprint density at radius 1 is 1.29 bits per heavy atom. The second kappa shape index (κ2) is 7.13. The topological polar surface area (TPSA) is 41.4 Å². The number of rotatable bonds is 5. The first kappa shape index (κ1) is 16.6. The van der Waals surface area contributed by atoms with Crippen molar-refractivity contribution < 1.29 is 9.18 Å². The summed E-state index contributed by atoms with van der Waals surface area (Å²) in [7, 11) is 1.92. The number of hydrogen-bond donors (Lipinski definition) is 0. The third-order valence-corrected chi connectivity index (χ3v) is 4.75. The summed E-state index contributed by atoms with van der Waals surface area (Å²) in [6.07, 6.45) is 1.79. The molecule has 128 valence electrons. The van der Waals surface area contributed by atoms with Crippen LogP contribution in [0, 0.1) is 12.7 Å². The normalized spacial score (nSPS) is 18.8. The van der Waals surface area contributed by atoms with Gasteiger partial charge in [0, 0.05) is 38.9 Å². The first-order valence-electron chi connectivity index (χ1n) is 8.25. The molecule has 0 N–H and O–H groups in total. The van der Waals surface area contributed by atoms with Gasteiger partial charge in [0.2, 0.25) is 6.41 Å². The van der Waals surface area contributed by atoms with E-state index >= 15 is 0 Å². The molecule has 0 spiro atoms. The minimum atomic E-state index is -0.205. The van der Waals surface area contributed by atoms with E-state index in [0.717, 1.165) is 49.4 Å². The monoisotopic (exact) mass is 330 g/mol. The van der Waals surface area contributed by atoms with Gasteiger partial charge in [-0.1, -0.05) is 12.1 Å². The molecule has 1 aromatic heterocycles. The minimum absolute atomic E-state index is 0.00984. The first-order valence-corrected chi connectivity index (χ1v) is 8.25. The summed E-state index contributed by atoms with van der Waals surface area (Å²) in [5.41, 5.74) is 3.15. The third kappa shape index (κ3) is 3.64.